The lowest BCUT2D eigenvalue weighted by molar-refractivity contribution is -0.121. The summed E-state index contributed by atoms with van der Waals surface area (Å²) in [5.41, 5.74) is 1.11. The van der Waals surface area contributed by atoms with Gasteiger partial charge in [-0.05, 0) is 63.4 Å². The summed E-state index contributed by atoms with van der Waals surface area (Å²) in [6.45, 7) is 7.78. The molecule has 2 rings (SSSR count). The second-order valence-electron chi connectivity index (χ2n) is 5.85. The molecular weight excluding hydrogens is 255 g/mol. The first-order valence-corrected chi connectivity index (χ1v) is 7.28. The van der Waals surface area contributed by atoms with Crippen LogP contribution in [0.15, 0.2) is 18.2 Å². The van der Waals surface area contributed by atoms with E-state index in [1.165, 1.54) is 6.07 Å². The van der Waals surface area contributed by atoms with Crippen molar-refractivity contribution >= 4 is 11.6 Å². The minimum atomic E-state index is -0.290. The highest BCUT2D eigenvalue weighted by Gasteiger charge is 2.25. The van der Waals surface area contributed by atoms with Crippen LogP contribution in [0.2, 0.25) is 0 Å². The van der Waals surface area contributed by atoms with E-state index in [0.29, 0.717) is 11.3 Å². The van der Waals surface area contributed by atoms with Crippen molar-refractivity contribution in [3.05, 3.63) is 29.6 Å². The molecule has 0 bridgehead atoms. The number of likely N-dealkylation sites (tertiary alicyclic amines) is 1. The van der Waals surface area contributed by atoms with Crippen molar-refractivity contribution in [2.75, 3.05) is 18.4 Å². The zero-order valence-electron chi connectivity index (χ0n) is 12.4. The molecule has 1 unspecified atom stereocenters. The van der Waals surface area contributed by atoms with Crippen LogP contribution in [-0.4, -0.2) is 29.9 Å². The van der Waals surface area contributed by atoms with Crippen LogP contribution in [0.25, 0.3) is 0 Å². The molecule has 0 aliphatic carbocycles. The largest absolute Gasteiger partial charge is 0.325 e. The van der Waals surface area contributed by atoms with Crippen LogP contribution < -0.4 is 5.32 Å². The highest BCUT2D eigenvalue weighted by Crippen LogP contribution is 2.19. The van der Waals surface area contributed by atoms with Crippen molar-refractivity contribution in [2.24, 2.45) is 5.92 Å². The van der Waals surface area contributed by atoms with Crippen molar-refractivity contribution in [3.8, 4) is 0 Å². The number of hydrogen-bond acceptors (Lipinski definition) is 2. The zero-order chi connectivity index (χ0) is 14.7. The minimum Gasteiger partial charge on any atom is -0.325 e. The van der Waals surface area contributed by atoms with Gasteiger partial charge in [0.1, 0.15) is 5.82 Å². The third kappa shape index (κ3) is 3.57. The summed E-state index contributed by atoms with van der Waals surface area (Å²) in [5, 5.41) is 2.80. The maximum absolute atomic E-state index is 13.5. The fraction of sp³-hybridized carbons (Fsp3) is 0.562. The maximum atomic E-state index is 13.5. The molecule has 0 saturated carbocycles. The summed E-state index contributed by atoms with van der Waals surface area (Å²) in [5.74, 6) is 0.387. The van der Waals surface area contributed by atoms with Gasteiger partial charge in [0.2, 0.25) is 5.91 Å². The number of anilines is 1. The monoisotopic (exact) mass is 278 g/mol. The summed E-state index contributed by atoms with van der Waals surface area (Å²) in [6, 6.07) is 4.62. The van der Waals surface area contributed by atoms with Crippen molar-refractivity contribution in [1.29, 1.82) is 0 Å². The molecule has 3 nitrogen and oxygen atoms in total. The van der Waals surface area contributed by atoms with Gasteiger partial charge in [0, 0.05) is 5.69 Å². The average Bonchev–Trinajstić information content (AvgIpc) is 2.43. The maximum Gasteiger partial charge on any atom is 0.241 e. The Morgan fingerprint density at radius 3 is 2.65 bits per heavy atom. The summed E-state index contributed by atoms with van der Waals surface area (Å²) >= 11 is 0. The first kappa shape index (κ1) is 15.0. The van der Waals surface area contributed by atoms with Crippen LogP contribution in [0.4, 0.5) is 10.1 Å². The lowest BCUT2D eigenvalue weighted by atomic mass is 9.98. The van der Waals surface area contributed by atoms with E-state index in [4.69, 9.17) is 0 Å². The number of nitrogens with zero attached hydrogens (tertiary/aromatic N) is 1. The molecule has 1 aliphatic rings. The number of aryl methyl sites for hydroxylation is 1. The van der Waals surface area contributed by atoms with E-state index in [0.717, 1.165) is 31.8 Å². The van der Waals surface area contributed by atoms with Gasteiger partial charge in [-0.15, -0.1) is 0 Å². The fourth-order valence-corrected chi connectivity index (χ4v) is 2.50. The molecular formula is C16H23FN2O. The van der Waals surface area contributed by atoms with Crippen LogP contribution in [0.3, 0.4) is 0 Å². The van der Waals surface area contributed by atoms with Crippen molar-refractivity contribution in [2.45, 2.75) is 39.7 Å². The first-order chi connectivity index (χ1) is 9.47. The van der Waals surface area contributed by atoms with Crippen LogP contribution in [0.5, 0.6) is 0 Å². The van der Waals surface area contributed by atoms with Crippen LogP contribution in [0.1, 0.15) is 32.3 Å². The smallest absolute Gasteiger partial charge is 0.241 e. The molecule has 0 spiro atoms. The molecule has 1 heterocycles. The van der Waals surface area contributed by atoms with Gasteiger partial charge in [0.25, 0.3) is 0 Å². The number of nitrogens with one attached hydrogen (secondary N) is 1. The normalized spacial score (nSPS) is 18.8. The lowest BCUT2D eigenvalue weighted by Gasteiger charge is -2.34. The third-order valence-corrected chi connectivity index (χ3v) is 4.18. The number of carbonyl (C=O) groups excluding carboxylic acids is 1. The topological polar surface area (TPSA) is 32.3 Å². The number of piperidine rings is 1. The Kier molecular flexibility index (Phi) is 4.76. The molecule has 1 fully saturated rings. The molecule has 1 aliphatic heterocycles. The molecule has 1 amide bonds. The van der Waals surface area contributed by atoms with Gasteiger partial charge in [0.05, 0.1) is 6.04 Å². The van der Waals surface area contributed by atoms with E-state index in [1.807, 2.05) is 6.92 Å². The van der Waals surface area contributed by atoms with E-state index in [1.54, 1.807) is 19.1 Å². The van der Waals surface area contributed by atoms with Gasteiger partial charge >= 0.3 is 0 Å². The highest BCUT2D eigenvalue weighted by atomic mass is 19.1. The number of benzene rings is 1. The van der Waals surface area contributed by atoms with Crippen molar-refractivity contribution in [1.82, 2.24) is 4.90 Å². The number of amides is 1. The third-order valence-electron chi connectivity index (χ3n) is 4.18. The predicted octanol–water partition coefficient (Wildman–Crippen LogP) is 3.19. The second kappa shape index (κ2) is 6.35. The minimum absolute atomic E-state index is 0.0668. The van der Waals surface area contributed by atoms with Gasteiger partial charge in [0.15, 0.2) is 0 Å². The van der Waals surface area contributed by atoms with Gasteiger partial charge in [-0.1, -0.05) is 13.0 Å². The molecule has 20 heavy (non-hydrogen) atoms. The predicted molar refractivity (Wildman–Crippen MR) is 79.2 cm³/mol. The molecule has 0 aromatic heterocycles. The summed E-state index contributed by atoms with van der Waals surface area (Å²) in [6.07, 6.45) is 2.27. The Morgan fingerprint density at radius 1 is 1.40 bits per heavy atom. The molecule has 0 radical (unpaired) electrons. The molecule has 110 valence electrons. The van der Waals surface area contributed by atoms with E-state index >= 15 is 0 Å². The number of carbonyl (C=O) groups is 1. The Balaban J connectivity index is 1.95. The number of hydrogen-bond donors (Lipinski definition) is 1. The van der Waals surface area contributed by atoms with E-state index in [2.05, 4.69) is 17.1 Å². The van der Waals surface area contributed by atoms with E-state index in [9.17, 15) is 9.18 Å². The van der Waals surface area contributed by atoms with Crippen LogP contribution in [-0.2, 0) is 4.79 Å². The standard InChI is InChI=1S/C16H23FN2O/c1-11-6-8-19(9-7-11)13(3)16(20)18-14-5-4-12(2)15(17)10-14/h4-5,10-11,13H,6-9H2,1-3H3,(H,18,20). The quantitative estimate of drug-likeness (QED) is 0.921. The molecule has 4 heteroatoms. The van der Waals surface area contributed by atoms with Gasteiger partial charge in [-0.3, -0.25) is 9.69 Å². The molecule has 1 aromatic rings. The average molecular weight is 278 g/mol. The van der Waals surface area contributed by atoms with Crippen LogP contribution >= 0.6 is 0 Å². The second-order valence-corrected chi connectivity index (χ2v) is 5.85. The number of rotatable bonds is 3. The van der Waals surface area contributed by atoms with Crippen molar-refractivity contribution in [3.63, 3.8) is 0 Å². The highest BCUT2D eigenvalue weighted by molar-refractivity contribution is 5.94. The summed E-state index contributed by atoms with van der Waals surface area (Å²) < 4.78 is 13.5. The first-order valence-electron chi connectivity index (χ1n) is 7.28. The molecule has 1 saturated heterocycles. The SMILES string of the molecule is Cc1ccc(NC(=O)C(C)N2CCC(C)CC2)cc1F. The Hall–Kier alpha value is -1.42. The Morgan fingerprint density at radius 2 is 2.05 bits per heavy atom. The molecule has 1 atom stereocenters. The van der Waals surface area contributed by atoms with Crippen molar-refractivity contribution < 1.29 is 9.18 Å². The van der Waals surface area contributed by atoms with Gasteiger partial charge in [-0.25, -0.2) is 4.39 Å². The van der Waals surface area contributed by atoms with Crippen LogP contribution in [0, 0.1) is 18.7 Å². The zero-order valence-corrected chi connectivity index (χ0v) is 12.4. The Bertz CT molecular complexity index is 481. The van der Waals surface area contributed by atoms with E-state index in [-0.39, 0.29) is 17.8 Å². The summed E-state index contributed by atoms with van der Waals surface area (Å²) in [7, 11) is 0. The molecule has 1 aromatic carbocycles. The van der Waals surface area contributed by atoms with E-state index < -0.39 is 0 Å². The lowest BCUT2D eigenvalue weighted by Crippen LogP contribution is -2.45. The summed E-state index contributed by atoms with van der Waals surface area (Å²) in [4.78, 5) is 14.4. The fourth-order valence-electron chi connectivity index (χ4n) is 2.50. The van der Waals surface area contributed by atoms with Gasteiger partial charge < -0.3 is 5.32 Å². The number of halogens is 1. The Labute approximate surface area is 120 Å². The molecule has 1 N–H and O–H groups in total. The van der Waals surface area contributed by atoms with Gasteiger partial charge in [-0.2, -0.15) is 0 Å².